The van der Waals surface area contributed by atoms with Gasteiger partial charge in [-0.3, -0.25) is 9.59 Å². The first-order valence-corrected chi connectivity index (χ1v) is 8.18. The van der Waals surface area contributed by atoms with Crippen LogP contribution in [0.5, 0.6) is 0 Å². The second-order valence-electron chi connectivity index (χ2n) is 5.97. The standard InChI is InChI=1S/C15H30N4O4/c1-4-9(2)12(14(21)18-10(3)15(22)23)19-13(20)11(17)7-5-6-8-16/h9-12H,4-8,16-17H2,1-3H3,(H,18,21)(H,19,20)(H,22,23)/p+1/t9-,10-,11-,12-/m0/s1. The third kappa shape index (κ3) is 7.94. The third-order valence-electron chi connectivity index (χ3n) is 3.93. The van der Waals surface area contributed by atoms with Crippen molar-refractivity contribution in [3.05, 3.63) is 0 Å². The van der Waals surface area contributed by atoms with Crippen molar-refractivity contribution in [2.45, 2.75) is 64.6 Å². The van der Waals surface area contributed by atoms with Crippen LogP contribution < -0.4 is 27.2 Å². The number of rotatable bonds is 11. The van der Waals surface area contributed by atoms with Gasteiger partial charge < -0.3 is 32.0 Å². The number of carboxylic acids is 1. The van der Waals surface area contributed by atoms with Gasteiger partial charge in [0.15, 0.2) is 6.04 Å². The van der Waals surface area contributed by atoms with Crippen LogP contribution in [0.4, 0.5) is 0 Å². The summed E-state index contributed by atoms with van der Waals surface area (Å²) in [6.07, 6.45) is 3.08. The topological polar surface area (TPSA) is 154 Å². The Hall–Kier alpha value is -1.67. The lowest BCUT2D eigenvalue weighted by Crippen LogP contribution is -2.69. The number of carbonyl (C=O) groups is 3. The molecule has 0 aromatic rings. The molecule has 0 aliphatic heterocycles. The first-order chi connectivity index (χ1) is 10.7. The van der Waals surface area contributed by atoms with E-state index in [0.29, 0.717) is 12.8 Å². The second kappa shape index (κ2) is 11.0. The molecule has 4 atom stereocenters. The van der Waals surface area contributed by atoms with Crippen LogP contribution in [0.25, 0.3) is 0 Å². The molecule has 0 bridgehead atoms. The Bertz CT molecular complexity index is 403. The molecule has 0 aromatic carbocycles. The molecule has 0 unspecified atom stereocenters. The van der Waals surface area contributed by atoms with Crippen molar-refractivity contribution in [3.63, 3.8) is 0 Å². The summed E-state index contributed by atoms with van der Waals surface area (Å²) in [4.78, 5) is 35.2. The van der Waals surface area contributed by atoms with Crippen LogP contribution in [-0.2, 0) is 14.4 Å². The molecular formula is C15H31N4O4+. The number of hydrogen-bond donors (Lipinski definition) is 4. The van der Waals surface area contributed by atoms with E-state index < -0.39 is 30.0 Å². The molecule has 23 heavy (non-hydrogen) atoms. The number of carboxylic acid groups (broad SMARTS) is 1. The van der Waals surface area contributed by atoms with E-state index in [9.17, 15) is 19.5 Å². The molecule has 2 amide bonds. The Morgan fingerprint density at radius 3 is 2.17 bits per heavy atom. The highest BCUT2D eigenvalue weighted by Gasteiger charge is 2.29. The summed E-state index contributed by atoms with van der Waals surface area (Å²) in [5, 5.41) is 15.8. The molecule has 8 N–H and O–H groups in total. The molecule has 0 aromatic heterocycles. The fourth-order valence-corrected chi connectivity index (χ4v) is 2.03. The minimum atomic E-state index is -1.37. The van der Waals surface area contributed by atoms with E-state index in [-0.39, 0.29) is 11.8 Å². The SMILES string of the molecule is CC[C@H](C)[C@H](NC(=O)[C@@H]([NH3+])CCCC[NH3+])C(=O)N[C@@H](C)C(=O)[O-]. The van der Waals surface area contributed by atoms with Crippen molar-refractivity contribution in [3.8, 4) is 0 Å². The number of amides is 2. The molecule has 0 fully saturated rings. The molecule has 0 spiro atoms. The van der Waals surface area contributed by atoms with Gasteiger partial charge in [0, 0.05) is 6.42 Å². The van der Waals surface area contributed by atoms with Crippen LogP contribution in [0.3, 0.4) is 0 Å². The van der Waals surface area contributed by atoms with Gasteiger partial charge in [-0.1, -0.05) is 20.3 Å². The Morgan fingerprint density at radius 2 is 1.70 bits per heavy atom. The molecule has 8 nitrogen and oxygen atoms in total. The first kappa shape index (κ1) is 21.3. The Balaban J connectivity index is 4.75. The monoisotopic (exact) mass is 331 g/mol. The van der Waals surface area contributed by atoms with Crippen LogP contribution >= 0.6 is 0 Å². The van der Waals surface area contributed by atoms with Crippen molar-refractivity contribution in [1.29, 1.82) is 0 Å². The highest BCUT2D eigenvalue weighted by molar-refractivity contribution is 5.91. The van der Waals surface area contributed by atoms with E-state index in [1.807, 2.05) is 13.8 Å². The summed E-state index contributed by atoms with van der Waals surface area (Å²) < 4.78 is 0. The van der Waals surface area contributed by atoms with Gasteiger partial charge in [0.05, 0.1) is 18.6 Å². The van der Waals surface area contributed by atoms with Crippen LogP contribution in [0, 0.1) is 5.92 Å². The summed E-state index contributed by atoms with van der Waals surface area (Å²) in [6, 6.07) is -2.34. The quantitative estimate of drug-likeness (QED) is 0.294. The van der Waals surface area contributed by atoms with Crippen molar-refractivity contribution in [2.24, 2.45) is 5.92 Å². The Labute approximate surface area is 137 Å². The summed E-state index contributed by atoms with van der Waals surface area (Å²) >= 11 is 0. The maximum Gasteiger partial charge on any atom is 0.278 e. The van der Waals surface area contributed by atoms with Gasteiger partial charge in [-0.2, -0.15) is 0 Å². The summed E-state index contributed by atoms with van der Waals surface area (Å²) in [6.45, 7) is 5.86. The number of nitrogens with one attached hydrogen (secondary N) is 2. The number of carbonyl (C=O) groups excluding carboxylic acids is 3. The van der Waals surface area contributed by atoms with Crippen molar-refractivity contribution >= 4 is 17.8 Å². The Morgan fingerprint density at radius 1 is 1.09 bits per heavy atom. The number of unbranched alkanes of at least 4 members (excludes halogenated alkanes) is 1. The lowest BCUT2D eigenvalue weighted by atomic mass is 9.97. The number of hydrogen-bond acceptors (Lipinski definition) is 4. The second-order valence-corrected chi connectivity index (χ2v) is 5.97. The molecule has 0 saturated heterocycles. The van der Waals surface area contributed by atoms with Gasteiger partial charge in [-0.05, 0) is 25.7 Å². The fraction of sp³-hybridized carbons (Fsp3) is 0.800. The van der Waals surface area contributed by atoms with Crippen LogP contribution in [0.2, 0.25) is 0 Å². The molecule has 0 saturated carbocycles. The van der Waals surface area contributed by atoms with Gasteiger partial charge in [0.2, 0.25) is 5.91 Å². The highest BCUT2D eigenvalue weighted by atomic mass is 16.4. The maximum absolute atomic E-state index is 12.2. The van der Waals surface area contributed by atoms with Crippen LogP contribution in [-0.4, -0.2) is 42.5 Å². The van der Waals surface area contributed by atoms with E-state index in [0.717, 1.165) is 19.4 Å². The van der Waals surface area contributed by atoms with Crippen LogP contribution in [0.15, 0.2) is 0 Å². The highest BCUT2D eigenvalue weighted by Crippen LogP contribution is 2.09. The van der Waals surface area contributed by atoms with E-state index in [1.54, 1.807) is 0 Å². The summed E-state index contributed by atoms with van der Waals surface area (Å²) in [5.41, 5.74) is 7.58. The lowest BCUT2D eigenvalue weighted by molar-refractivity contribution is -0.406. The molecule has 0 heterocycles. The zero-order chi connectivity index (χ0) is 18.0. The van der Waals surface area contributed by atoms with Crippen molar-refractivity contribution < 1.29 is 31.0 Å². The first-order valence-electron chi connectivity index (χ1n) is 8.18. The maximum atomic E-state index is 12.2. The van der Waals surface area contributed by atoms with E-state index >= 15 is 0 Å². The Kier molecular flexibility index (Phi) is 10.2. The molecular weight excluding hydrogens is 300 g/mol. The predicted octanol–water partition coefficient (Wildman–Crippen LogP) is -3.21. The van der Waals surface area contributed by atoms with Gasteiger partial charge in [0.25, 0.3) is 5.91 Å². The third-order valence-corrected chi connectivity index (χ3v) is 3.93. The minimum absolute atomic E-state index is 0.125. The normalized spacial score (nSPS) is 16.0. The molecule has 8 heteroatoms. The van der Waals surface area contributed by atoms with Gasteiger partial charge in [0.1, 0.15) is 6.04 Å². The van der Waals surface area contributed by atoms with Gasteiger partial charge in [-0.15, -0.1) is 0 Å². The predicted molar refractivity (Wildman–Crippen MR) is 82.3 cm³/mol. The minimum Gasteiger partial charge on any atom is -0.548 e. The zero-order valence-corrected chi connectivity index (χ0v) is 14.4. The van der Waals surface area contributed by atoms with Crippen molar-refractivity contribution in [1.82, 2.24) is 10.6 Å². The molecule has 0 rings (SSSR count). The lowest BCUT2D eigenvalue weighted by Gasteiger charge is -2.26. The van der Waals surface area contributed by atoms with Crippen LogP contribution in [0.1, 0.15) is 46.5 Å². The molecule has 0 aliphatic rings. The molecule has 0 radical (unpaired) electrons. The average molecular weight is 331 g/mol. The molecule has 0 aliphatic carbocycles. The van der Waals surface area contributed by atoms with Gasteiger partial charge >= 0.3 is 0 Å². The largest absolute Gasteiger partial charge is 0.548 e. The number of quaternary nitrogens is 2. The number of aliphatic carboxylic acids is 1. The fourth-order valence-electron chi connectivity index (χ4n) is 2.03. The van der Waals surface area contributed by atoms with E-state index in [1.165, 1.54) is 6.92 Å². The average Bonchev–Trinajstić information content (AvgIpc) is 2.51. The smallest absolute Gasteiger partial charge is 0.278 e. The summed E-state index contributed by atoms with van der Waals surface area (Å²) in [5.74, 6) is -2.30. The van der Waals surface area contributed by atoms with Crippen molar-refractivity contribution in [2.75, 3.05) is 6.54 Å². The van der Waals surface area contributed by atoms with Gasteiger partial charge in [-0.25, -0.2) is 0 Å². The van der Waals surface area contributed by atoms with E-state index in [2.05, 4.69) is 22.1 Å². The van der Waals surface area contributed by atoms with E-state index in [4.69, 9.17) is 0 Å². The summed E-state index contributed by atoms with van der Waals surface area (Å²) in [7, 11) is 0. The zero-order valence-electron chi connectivity index (χ0n) is 14.4. The molecule has 134 valence electrons.